The average Bonchev–Trinajstić information content (AvgIpc) is 3.17. The Morgan fingerprint density at radius 3 is 2.67 bits per heavy atom. The van der Waals surface area contributed by atoms with Crippen LogP contribution in [-0.4, -0.2) is 67.3 Å². The first-order chi connectivity index (χ1) is 19.2. The Balaban J connectivity index is 1.27. The minimum atomic E-state index is -0.225. The number of ether oxygens (including phenoxy) is 3. The highest BCUT2D eigenvalue weighted by molar-refractivity contribution is 5.89. The Bertz CT molecular complexity index is 1220. The molecule has 39 heavy (non-hydrogen) atoms. The lowest BCUT2D eigenvalue weighted by molar-refractivity contribution is -0.0971. The zero-order valence-electron chi connectivity index (χ0n) is 22.4. The van der Waals surface area contributed by atoms with Crippen LogP contribution in [-0.2, 0) is 33.9 Å². The number of urea groups is 1. The van der Waals surface area contributed by atoms with Gasteiger partial charge in [0.05, 0.1) is 18.9 Å². The van der Waals surface area contributed by atoms with E-state index in [1.165, 1.54) is 0 Å². The van der Waals surface area contributed by atoms with E-state index >= 15 is 0 Å². The number of rotatable bonds is 10. The maximum Gasteiger partial charge on any atom is 0.319 e. The van der Waals surface area contributed by atoms with Crippen LogP contribution in [0, 0.1) is 0 Å². The van der Waals surface area contributed by atoms with Crippen molar-refractivity contribution >= 4 is 17.5 Å². The average molecular weight is 533 g/mol. The topological polar surface area (TPSA) is 101 Å². The third-order valence-corrected chi connectivity index (χ3v) is 6.64. The van der Waals surface area contributed by atoms with Gasteiger partial charge in [0.25, 0.3) is 0 Å². The van der Waals surface area contributed by atoms with Gasteiger partial charge in [-0.15, -0.1) is 0 Å². The second-order valence-electron chi connectivity index (χ2n) is 9.58. The first kappa shape index (κ1) is 27.0. The zero-order chi connectivity index (χ0) is 26.9. The number of nitrogens with one attached hydrogen (secondary N) is 2. The van der Waals surface area contributed by atoms with Crippen molar-refractivity contribution in [3.63, 3.8) is 0 Å². The molecule has 206 valence electrons. The summed E-state index contributed by atoms with van der Waals surface area (Å²) in [7, 11) is 0. The highest BCUT2D eigenvalue weighted by Gasteiger charge is 2.28. The molecular weight excluding hydrogens is 496 g/mol. The van der Waals surface area contributed by atoms with Crippen LogP contribution in [0.3, 0.4) is 0 Å². The lowest BCUT2D eigenvalue weighted by Crippen LogP contribution is -2.28. The number of benzene rings is 2. The molecule has 0 radical (unpaired) electrons. The summed E-state index contributed by atoms with van der Waals surface area (Å²) in [6.07, 6.45) is 0.958. The maximum absolute atomic E-state index is 11.9. The van der Waals surface area contributed by atoms with E-state index in [-0.39, 0.29) is 12.8 Å². The monoisotopic (exact) mass is 532 g/mol. The molecule has 2 amide bonds. The van der Waals surface area contributed by atoms with E-state index in [2.05, 4.69) is 20.4 Å². The Kier molecular flexibility index (Phi) is 9.34. The van der Waals surface area contributed by atoms with E-state index in [1.807, 2.05) is 61.5 Å². The summed E-state index contributed by atoms with van der Waals surface area (Å²) in [5, 5.41) is 5.57. The fourth-order valence-electron chi connectivity index (χ4n) is 4.74. The van der Waals surface area contributed by atoms with E-state index in [1.54, 1.807) is 0 Å². The van der Waals surface area contributed by atoms with Gasteiger partial charge in [0.1, 0.15) is 19.3 Å². The van der Waals surface area contributed by atoms with Gasteiger partial charge in [-0.2, -0.15) is 0 Å². The van der Waals surface area contributed by atoms with Crippen molar-refractivity contribution in [2.75, 3.05) is 56.6 Å². The van der Waals surface area contributed by atoms with Crippen LogP contribution >= 0.6 is 0 Å². The number of carbonyl (C=O) groups is 1. The molecule has 10 nitrogen and oxygen atoms in total. The molecule has 1 aromatic heterocycles. The molecule has 2 aliphatic rings. The van der Waals surface area contributed by atoms with E-state index < -0.39 is 0 Å². The van der Waals surface area contributed by atoms with Crippen LogP contribution in [0.5, 0.6) is 0 Å². The number of anilines is 2. The molecule has 2 N–H and O–H groups in total. The largest absolute Gasteiger partial charge is 0.380 e. The van der Waals surface area contributed by atoms with Crippen molar-refractivity contribution in [2.45, 2.75) is 33.0 Å². The number of amides is 2. The summed E-state index contributed by atoms with van der Waals surface area (Å²) in [5.74, 6) is 1.64. The fraction of sp³-hybridized carbons (Fsp3) is 0.414. The first-order valence-electron chi connectivity index (χ1n) is 13.5. The molecular formula is C29H36N6O4. The summed E-state index contributed by atoms with van der Waals surface area (Å²) in [6, 6.07) is 17.5. The van der Waals surface area contributed by atoms with Gasteiger partial charge in [-0.25, -0.2) is 14.8 Å². The number of nitrogens with zero attached hydrogens (tertiary/aromatic N) is 4. The minimum Gasteiger partial charge on any atom is -0.380 e. The Labute approximate surface area is 229 Å². The maximum atomic E-state index is 11.9. The molecule has 0 unspecified atom stereocenters. The summed E-state index contributed by atoms with van der Waals surface area (Å²) in [6.45, 7) is 8.18. The molecule has 3 aromatic rings. The standard InChI is InChI=1S/C29H36N6O4/c1-2-30-29(36)31-24-11-9-23(10-12-24)27-32-26-18-34(20-39-21-38-19-22-7-4-3-5-8-22)17-25(26)28(33-27)35-13-6-15-37-16-14-35/h3-5,7-12H,2,6,13-21H2,1H3,(H2,30,31,36). The van der Waals surface area contributed by atoms with Crippen molar-refractivity contribution in [1.29, 1.82) is 0 Å². The number of carbonyl (C=O) groups excluding carboxylic acids is 1. The quantitative estimate of drug-likeness (QED) is 0.299. The Morgan fingerprint density at radius 1 is 1.00 bits per heavy atom. The lowest BCUT2D eigenvalue weighted by Gasteiger charge is -2.24. The summed E-state index contributed by atoms with van der Waals surface area (Å²) < 4.78 is 17.2. The molecule has 2 aliphatic heterocycles. The molecule has 1 saturated heterocycles. The summed E-state index contributed by atoms with van der Waals surface area (Å²) in [4.78, 5) is 26.4. The number of hydrogen-bond acceptors (Lipinski definition) is 8. The van der Waals surface area contributed by atoms with E-state index in [9.17, 15) is 4.79 Å². The second kappa shape index (κ2) is 13.5. The molecule has 2 aromatic carbocycles. The van der Waals surface area contributed by atoms with E-state index in [0.29, 0.717) is 44.5 Å². The Morgan fingerprint density at radius 2 is 1.85 bits per heavy atom. The SMILES string of the molecule is CCNC(=O)Nc1ccc(-c2nc3c(c(N4CCCOCC4)n2)CN(COCOCc2ccccc2)C3)cc1. The van der Waals surface area contributed by atoms with Gasteiger partial charge in [-0.1, -0.05) is 30.3 Å². The van der Waals surface area contributed by atoms with Gasteiger partial charge in [-0.3, -0.25) is 4.90 Å². The molecule has 3 heterocycles. The van der Waals surface area contributed by atoms with Crippen molar-refractivity contribution in [2.24, 2.45) is 0 Å². The predicted molar refractivity (Wildman–Crippen MR) is 149 cm³/mol. The normalized spacial score (nSPS) is 15.6. The van der Waals surface area contributed by atoms with Gasteiger partial charge in [0.15, 0.2) is 5.82 Å². The van der Waals surface area contributed by atoms with Crippen molar-refractivity contribution in [1.82, 2.24) is 20.2 Å². The number of aromatic nitrogens is 2. The Hall–Kier alpha value is -3.57. The highest BCUT2D eigenvalue weighted by atomic mass is 16.7. The van der Waals surface area contributed by atoms with Gasteiger partial charge in [-0.05, 0) is 43.2 Å². The van der Waals surface area contributed by atoms with Crippen LogP contribution in [0.2, 0.25) is 0 Å². The van der Waals surface area contributed by atoms with E-state index in [0.717, 1.165) is 60.9 Å². The third-order valence-electron chi connectivity index (χ3n) is 6.64. The molecule has 0 spiro atoms. The van der Waals surface area contributed by atoms with Crippen molar-refractivity contribution in [3.05, 3.63) is 71.4 Å². The smallest absolute Gasteiger partial charge is 0.319 e. The van der Waals surface area contributed by atoms with Crippen LogP contribution < -0.4 is 15.5 Å². The molecule has 5 rings (SSSR count). The first-order valence-corrected chi connectivity index (χ1v) is 13.5. The van der Waals surface area contributed by atoms with Crippen LogP contribution in [0.25, 0.3) is 11.4 Å². The molecule has 0 saturated carbocycles. The van der Waals surface area contributed by atoms with Gasteiger partial charge >= 0.3 is 6.03 Å². The summed E-state index contributed by atoms with van der Waals surface area (Å²) in [5.41, 5.74) is 4.89. The van der Waals surface area contributed by atoms with Gasteiger partial charge < -0.3 is 29.7 Å². The molecule has 10 heteroatoms. The minimum absolute atomic E-state index is 0.225. The third kappa shape index (κ3) is 7.30. The number of hydrogen-bond donors (Lipinski definition) is 2. The molecule has 1 fully saturated rings. The van der Waals surface area contributed by atoms with Gasteiger partial charge in [0.2, 0.25) is 0 Å². The molecule has 0 atom stereocenters. The summed E-state index contributed by atoms with van der Waals surface area (Å²) >= 11 is 0. The van der Waals surface area contributed by atoms with Gasteiger partial charge in [0, 0.05) is 56.1 Å². The highest BCUT2D eigenvalue weighted by Crippen LogP contribution is 2.32. The molecule has 0 aliphatic carbocycles. The fourth-order valence-corrected chi connectivity index (χ4v) is 4.74. The predicted octanol–water partition coefficient (Wildman–Crippen LogP) is 3.98. The number of fused-ring (bicyclic) bond motifs is 1. The lowest BCUT2D eigenvalue weighted by atomic mass is 10.1. The van der Waals surface area contributed by atoms with Crippen molar-refractivity contribution in [3.8, 4) is 11.4 Å². The van der Waals surface area contributed by atoms with E-state index in [4.69, 9.17) is 24.2 Å². The van der Waals surface area contributed by atoms with Crippen LogP contribution in [0.15, 0.2) is 54.6 Å². The molecule has 0 bridgehead atoms. The van der Waals surface area contributed by atoms with Crippen LogP contribution in [0.4, 0.5) is 16.3 Å². The van der Waals surface area contributed by atoms with Crippen molar-refractivity contribution < 1.29 is 19.0 Å². The second-order valence-corrected chi connectivity index (χ2v) is 9.58. The van der Waals surface area contributed by atoms with Crippen LogP contribution in [0.1, 0.15) is 30.2 Å². The zero-order valence-corrected chi connectivity index (χ0v) is 22.4.